The lowest BCUT2D eigenvalue weighted by Crippen LogP contribution is -2.08. The van der Waals surface area contributed by atoms with Gasteiger partial charge in [-0.25, -0.2) is 4.39 Å². The van der Waals surface area contributed by atoms with Gasteiger partial charge in [-0.2, -0.15) is 0 Å². The Morgan fingerprint density at radius 3 is 2.93 bits per heavy atom. The molecule has 0 spiro atoms. The highest BCUT2D eigenvalue weighted by Crippen LogP contribution is 2.33. The van der Waals surface area contributed by atoms with Gasteiger partial charge >= 0.3 is 0 Å². The number of rotatable bonds is 1. The van der Waals surface area contributed by atoms with Crippen LogP contribution in [-0.2, 0) is 0 Å². The molecule has 1 N–H and O–H groups in total. The lowest BCUT2D eigenvalue weighted by Gasteiger charge is -2.12. The van der Waals surface area contributed by atoms with Gasteiger partial charge in [0.2, 0.25) is 0 Å². The van der Waals surface area contributed by atoms with Crippen molar-refractivity contribution in [2.24, 2.45) is 0 Å². The average Bonchev–Trinajstić information content (AvgIpc) is 2.63. The van der Waals surface area contributed by atoms with Crippen molar-refractivity contribution in [2.75, 3.05) is 13.1 Å². The summed E-state index contributed by atoms with van der Waals surface area (Å²) in [6.45, 7) is 1.87. The molecule has 0 bridgehead atoms. The standard InChI is InChI=1S/C10H10BrClFN/c11-7-3-8(6-1-2-14-5-6)10(12)9(13)4-7/h3-4,6,14H,1-2,5H2. The van der Waals surface area contributed by atoms with E-state index in [1.54, 1.807) is 0 Å². The van der Waals surface area contributed by atoms with Crippen LogP contribution in [0.1, 0.15) is 17.9 Å². The molecule has 76 valence electrons. The van der Waals surface area contributed by atoms with E-state index in [2.05, 4.69) is 21.2 Å². The van der Waals surface area contributed by atoms with Crippen LogP contribution in [0.3, 0.4) is 0 Å². The summed E-state index contributed by atoms with van der Waals surface area (Å²) < 4.78 is 14.1. The molecular formula is C10H10BrClFN. The first-order chi connectivity index (χ1) is 6.68. The van der Waals surface area contributed by atoms with E-state index in [-0.39, 0.29) is 10.8 Å². The van der Waals surface area contributed by atoms with Crippen molar-refractivity contribution >= 4 is 27.5 Å². The van der Waals surface area contributed by atoms with E-state index in [4.69, 9.17) is 11.6 Å². The van der Waals surface area contributed by atoms with Crippen LogP contribution < -0.4 is 5.32 Å². The molecule has 0 amide bonds. The number of halogens is 3. The number of hydrogen-bond acceptors (Lipinski definition) is 1. The van der Waals surface area contributed by atoms with Gasteiger partial charge in [0, 0.05) is 11.0 Å². The van der Waals surface area contributed by atoms with Crippen molar-refractivity contribution in [2.45, 2.75) is 12.3 Å². The summed E-state index contributed by atoms with van der Waals surface area (Å²) in [4.78, 5) is 0. The highest BCUT2D eigenvalue weighted by Gasteiger charge is 2.21. The number of benzene rings is 1. The summed E-state index contributed by atoms with van der Waals surface area (Å²) in [6.07, 6.45) is 1.02. The third kappa shape index (κ3) is 1.95. The van der Waals surface area contributed by atoms with Crippen LogP contribution in [0.2, 0.25) is 5.02 Å². The quantitative estimate of drug-likeness (QED) is 0.777. The van der Waals surface area contributed by atoms with E-state index in [1.165, 1.54) is 6.07 Å². The fourth-order valence-corrected chi connectivity index (χ4v) is 2.50. The first-order valence-corrected chi connectivity index (χ1v) is 5.70. The molecule has 0 radical (unpaired) electrons. The van der Waals surface area contributed by atoms with Gasteiger partial charge in [0.05, 0.1) is 5.02 Å². The van der Waals surface area contributed by atoms with Crippen molar-refractivity contribution < 1.29 is 4.39 Å². The lowest BCUT2D eigenvalue weighted by molar-refractivity contribution is 0.620. The summed E-state index contributed by atoms with van der Waals surface area (Å²) >= 11 is 9.20. The van der Waals surface area contributed by atoms with E-state index in [0.717, 1.165) is 29.5 Å². The predicted molar refractivity (Wildman–Crippen MR) is 59.3 cm³/mol. The molecule has 1 unspecified atom stereocenters. The number of hydrogen-bond donors (Lipinski definition) is 1. The molecular weight excluding hydrogens is 268 g/mol. The highest BCUT2D eigenvalue weighted by atomic mass is 79.9. The average molecular weight is 279 g/mol. The van der Waals surface area contributed by atoms with Gasteiger partial charge in [0.1, 0.15) is 5.82 Å². The molecule has 4 heteroatoms. The molecule has 1 aliphatic heterocycles. The minimum atomic E-state index is -0.344. The lowest BCUT2D eigenvalue weighted by atomic mass is 9.98. The summed E-state index contributed by atoms with van der Waals surface area (Å²) in [5.74, 6) is -0.00237. The molecule has 1 atom stereocenters. The van der Waals surface area contributed by atoms with Crippen molar-refractivity contribution in [1.29, 1.82) is 0 Å². The predicted octanol–water partition coefficient (Wildman–Crippen LogP) is 3.32. The molecule has 1 aliphatic rings. The maximum absolute atomic E-state index is 13.3. The molecule has 0 aromatic heterocycles. The van der Waals surface area contributed by atoms with Crippen molar-refractivity contribution in [3.05, 3.63) is 33.0 Å². The first kappa shape index (κ1) is 10.4. The Balaban J connectivity index is 2.40. The fraction of sp³-hybridized carbons (Fsp3) is 0.400. The Labute approximate surface area is 95.8 Å². The normalized spacial score (nSPS) is 21.5. The van der Waals surface area contributed by atoms with Gasteiger partial charge in [-0.3, -0.25) is 0 Å². The van der Waals surface area contributed by atoms with E-state index in [0.29, 0.717) is 5.92 Å². The van der Waals surface area contributed by atoms with Gasteiger partial charge in [-0.05, 0) is 36.6 Å². The van der Waals surface area contributed by atoms with Crippen LogP contribution in [0.5, 0.6) is 0 Å². The van der Waals surface area contributed by atoms with E-state index >= 15 is 0 Å². The summed E-state index contributed by atoms with van der Waals surface area (Å²) in [5.41, 5.74) is 0.906. The Bertz CT molecular complexity index is 350. The smallest absolute Gasteiger partial charge is 0.143 e. The molecule has 1 aromatic rings. The van der Waals surface area contributed by atoms with Gasteiger partial charge < -0.3 is 5.32 Å². The molecule has 14 heavy (non-hydrogen) atoms. The third-order valence-electron chi connectivity index (χ3n) is 2.52. The topological polar surface area (TPSA) is 12.0 Å². The summed E-state index contributed by atoms with van der Waals surface area (Å²) in [5, 5.41) is 3.51. The Morgan fingerprint density at radius 2 is 2.29 bits per heavy atom. The second-order valence-electron chi connectivity index (χ2n) is 3.48. The van der Waals surface area contributed by atoms with Crippen molar-refractivity contribution in [3.63, 3.8) is 0 Å². The van der Waals surface area contributed by atoms with Crippen molar-refractivity contribution in [1.82, 2.24) is 5.32 Å². The van der Waals surface area contributed by atoms with Gasteiger partial charge in [-0.15, -0.1) is 0 Å². The molecule has 1 heterocycles. The minimum Gasteiger partial charge on any atom is -0.316 e. The van der Waals surface area contributed by atoms with Crippen LogP contribution in [0.4, 0.5) is 4.39 Å². The molecule has 1 saturated heterocycles. The zero-order valence-corrected chi connectivity index (χ0v) is 9.83. The minimum absolute atomic E-state index is 0.266. The van der Waals surface area contributed by atoms with Crippen LogP contribution in [0.15, 0.2) is 16.6 Å². The first-order valence-electron chi connectivity index (χ1n) is 4.53. The highest BCUT2D eigenvalue weighted by molar-refractivity contribution is 9.10. The molecule has 1 fully saturated rings. The molecule has 0 aliphatic carbocycles. The van der Waals surface area contributed by atoms with Crippen LogP contribution in [-0.4, -0.2) is 13.1 Å². The van der Waals surface area contributed by atoms with Gasteiger partial charge in [0.25, 0.3) is 0 Å². The second kappa shape index (κ2) is 4.17. The fourth-order valence-electron chi connectivity index (χ4n) is 1.79. The summed E-state index contributed by atoms with van der Waals surface area (Å²) in [7, 11) is 0. The Morgan fingerprint density at radius 1 is 1.50 bits per heavy atom. The second-order valence-corrected chi connectivity index (χ2v) is 4.77. The van der Waals surface area contributed by atoms with E-state index in [9.17, 15) is 4.39 Å². The maximum atomic E-state index is 13.3. The molecule has 1 nitrogen and oxygen atoms in total. The number of nitrogens with one attached hydrogen (secondary N) is 1. The maximum Gasteiger partial charge on any atom is 0.143 e. The SMILES string of the molecule is Fc1cc(Br)cc(C2CCNC2)c1Cl. The van der Waals surface area contributed by atoms with Crippen molar-refractivity contribution in [3.8, 4) is 0 Å². The zero-order chi connectivity index (χ0) is 10.1. The Hall–Kier alpha value is -0.120. The Kier molecular flexibility index (Phi) is 3.10. The van der Waals surface area contributed by atoms with Gasteiger partial charge in [-0.1, -0.05) is 27.5 Å². The monoisotopic (exact) mass is 277 g/mol. The largest absolute Gasteiger partial charge is 0.316 e. The van der Waals surface area contributed by atoms with E-state index in [1.807, 2.05) is 6.07 Å². The molecule has 2 rings (SSSR count). The van der Waals surface area contributed by atoms with Gasteiger partial charge in [0.15, 0.2) is 0 Å². The zero-order valence-electron chi connectivity index (χ0n) is 7.49. The molecule has 1 aromatic carbocycles. The van der Waals surface area contributed by atoms with Crippen LogP contribution in [0.25, 0.3) is 0 Å². The third-order valence-corrected chi connectivity index (χ3v) is 3.38. The van der Waals surface area contributed by atoms with E-state index < -0.39 is 0 Å². The van der Waals surface area contributed by atoms with Crippen LogP contribution >= 0.6 is 27.5 Å². The summed E-state index contributed by atoms with van der Waals surface area (Å²) in [6, 6.07) is 3.30. The molecule has 0 saturated carbocycles. The van der Waals surface area contributed by atoms with Crippen LogP contribution in [0, 0.1) is 5.82 Å².